The molecule has 1 rings (SSSR count). The van der Waals surface area contributed by atoms with Crippen molar-refractivity contribution in [1.29, 1.82) is 0 Å². The van der Waals surface area contributed by atoms with Gasteiger partial charge in [0, 0.05) is 6.26 Å². The van der Waals surface area contributed by atoms with Gasteiger partial charge >= 0.3 is 6.09 Å². The van der Waals surface area contributed by atoms with Crippen molar-refractivity contribution in [3.05, 3.63) is 23.3 Å². The maximum atomic E-state index is 11.9. The van der Waals surface area contributed by atoms with E-state index in [2.05, 4.69) is 5.32 Å². The number of amides is 1. The summed E-state index contributed by atoms with van der Waals surface area (Å²) in [6, 6.07) is 3.61. The van der Waals surface area contributed by atoms with Gasteiger partial charge in [0.2, 0.25) is 0 Å². The van der Waals surface area contributed by atoms with Crippen molar-refractivity contribution in [2.45, 2.75) is 46.6 Å². The highest BCUT2D eigenvalue weighted by Gasteiger charge is 2.18. The molecule has 0 spiro atoms. The molecule has 0 atom stereocenters. The Morgan fingerprint density at radius 3 is 2.17 bits per heavy atom. The van der Waals surface area contributed by atoms with Gasteiger partial charge in [-0.15, -0.1) is 0 Å². The molecule has 0 heterocycles. The van der Waals surface area contributed by atoms with Crippen LogP contribution in [0.15, 0.2) is 12.1 Å². The van der Waals surface area contributed by atoms with Crippen molar-refractivity contribution in [2.24, 2.45) is 0 Å². The van der Waals surface area contributed by atoms with Crippen LogP contribution < -0.4 is 10.1 Å². The third kappa shape index (κ3) is 7.68. The minimum absolute atomic E-state index is 0.100. The van der Waals surface area contributed by atoms with Crippen molar-refractivity contribution < 1.29 is 22.7 Å². The summed E-state index contributed by atoms with van der Waals surface area (Å²) in [6.07, 6.45) is 1.14. The standard InChI is InChI=1S/C17H27NO5S/c1-12-10-14(22-8-7-9-24(6,20)21)11-13(2)15(12)18-16(19)23-17(3,4)5/h10-11H,7-9H2,1-6H3,(H,18,19). The summed E-state index contributed by atoms with van der Waals surface area (Å²) in [5, 5.41) is 2.75. The molecule has 136 valence electrons. The Morgan fingerprint density at radius 2 is 1.71 bits per heavy atom. The van der Waals surface area contributed by atoms with E-state index in [1.165, 1.54) is 6.26 Å². The number of ether oxygens (including phenoxy) is 2. The molecule has 0 fully saturated rings. The van der Waals surface area contributed by atoms with Gasteiger partial charge in [-0.2, -0.15) is 0 Å². The highest BCUT2D eigenvalue weighted by molar-refractivity contribution is 7.90. The van der Waals surface area contributed by atoms with Gasteiger partial charge < -0.3 is 9.47 Å². The lowest BCUT2D eigenvalue weighted by molar-refractivity contribution is 0.0635. The largest absolute Gasteiger partial charge is 0.494 e. The number of hydrogen-bond donors (Lipinski definition) is 1. The number of rotatable bonds is 6. The van der Waals surface area contributed by atoms with Crippen LogP contribution in [0.5, 0.6) is 5.75 Å². The second-order valence-electron chi connectivity index (χ2n) is 6.89. The third-order valence-electron chi connectivity index (χ3n) is 3.06. The number of carbonyl (C=O) groups is 1. The fraction of sp³-hybridized carbons (Fsp3) is 0.588. The van der Waals surface area contributed by atoms with Crippen LogP contribution in [-0.4, -0.2) is 38.7 Å². The SMILES string of the molecule is Cc1cc(OCCCS(C)(=O)=O)cc(C)c1NC(=O)OC(C)(C)C. The molecule has 1 aromatic carbocycles. The zero-order valence-corrected chi connectivity index (χ0v) is 16.0. The molecule has 7 heteroatoms. The zero-order valence-electron chi connectivity index (χ0n) is 15.2. The molecule has 0 aliphatic rings. The fourth-order valence-electron chi connectivity index (χ4n) is 2.12. The van der Waals surface area contributed by atoms with Gasteiger partial charge in [0.05, 0.1) is 18.0 Å². The van der Waals surface area contributed by atoms with Crippen LogP contribution in [0.25, 0.3) is 0 Å². The first kappa shape index (κ1) is 20.3. The second kappa shape index (κ2) is 7.88. The minimum atomic E-state index is -2.97. The van der Waals surface area contributed by atoms with E-state index in [9.17, 15) is 13.2 Å². The van der Waals surface area contributed by atoms with E-state index in [0.717, 1.165) is 11.1 Å². The van der Waals surface area contributed by atoms with Gasteiger partial charge in [-0.1, -0.05) is 0 Å². The molecule has 0 aromatic heterocycles. The van der Waals surface area contributed by atoms with Gasteiger partial charge in [0.15, 0.2) is 0 Å². The monoisotopic (exact) mass is 357 g/mol. The lowest BCUT2D eigenvalue weighted by atomic mass is 10.1. The van der Waals surface area contributed by atoms with Gasteiger partial charge in [-0.05, 0) is 64.3 Å². The molecule has 6 nitrogen and oxygen atoms in total. The van der Waals surface area contributed by atoms with Crippen LogP contribution in [0.2, 0.25) is 0 Å². The Morgan fingerprint density at radius 1 is 1.17 bits per heavy atom. The van der Waals surface area contributed by atoms with Crippen molar-refractivity contribution in [3.8, 4) is 5.75 Å². The molecule has 0 unspecified atom stereocenters. The first-order valence-corrected chi connectivity index (χ1v) is 9.85. The molecule has 0 saturated carbocycles. The normalized spacial score (nSPS) is 11.9. The van der Waals surface area contributed by atoms with Crippen molar-refractivity contribution >= 4 is 21.6 Å². The molecule has 24 heavy (non-hydrogen) atoms. The molecular formula is C17H27NO5S. The summed E-state index contributed by atoms with van der Waals surface area (Å²) in [5.41, 5.74) is 1.82. The van der Waals surface area contributed by atoms with E-state index in [4.69, 9.17) is 9.47 Å². The molecule has 0 radical (unpaired) electrons. The topological polar surface area (TPSA) is 81.7 Å². The highest BCUT2D eigenvalue weighted by Crippen LogP contribution is 2.27. The lowest BCUT2D eigenvalue weighted by Crippen LogP contribution is -2.27. The summed E-state index contributed by atoms with van der Waals surface area (Å²) in [6.45, 7) is 9.47. The summed E-state index contributed by atoms with van der Waals surface area (Å²) in [7, 11) is -2.97. The van der Waals surface area contributed by atoms with E-state index >= 15 is 0 Å². The molecular weight excluding hydrogens is 330 g/mol. The predicted octanol–water partition coefficient (Wildman–Crippen LogP) is 3.46. The quantitative estimate of drug-likeness (QED) is 0.789. The van der Waals surface area contributed by atoms with Crippen molar-refractivity contribution in [1.82, 2.24) is 0 Å². The Hall–Kier alpha value is -1.76. The number of sulfone groups is 1. The third-order valence-corrected chi connectivity index (χ3v) is 4.09. The average molecular weight is 357 g/mol. The number of anilines is 1. The summed E-state index contributed by atoms with van der Waals surface area (Å²) in [4.78, 5) is 11.9. The van der Waals surface area contributed by atoms with Gasteiger partial charge in [-0.3, -0.25) is 5.32 Å². The Bertz CT molecular complexity index is 666. The Labute approximate surface area is 144 Å². The molecule has 0 aliphatic carbocycles. The summed E-state index contributed by atoms with van der Waals surface area (Å²) in [5.74, 6) is 0.747. The molecule has 1 amide bonds. The van der Waals surface area contributed by atoms with Gasteiger partial charge in [0.25, 0.3) is 0 Å². The molecule has 1 aromatic rings. The number of hydrogen-bond acceptors (Lipinski definition) is 5. The van der Waals surface area contributed by atoms with Crippen LogP contribution in [0.3, 0.4) is 0 Å². The molecule has 0 saturated heterocycles. The first-order chi connectivity index (χ1) is 10.9. The first-order valence-electron chi connectivity index (χ1n) is 7.79. The summed E-state index contributed by atoms with van der Waals surface area (Å²) < 4.78 is 33.0. The second-order valence-corrected chi connectivity index (χ2v) is 9.15. The van der Waals surface area contributed by atoms with E-state index in [1.807, 2.05) is 13.8 Å². The van der Waals surface area contributed by atoms with Crippen LogP contribution in [0.1, 0.15) is 38.3 Å². The number of benzene rings is 1. The molecule has 0 aliphatic heterocycles. The van der Waals surface area contributed by atoms with Crippen LogP contribution in [-0.2, 0) is 14.6 Å². The van der Waals surface area contributed by atoms with Gasteiger partial charge in [-0.25, -0.2) is 13.2 Å². The number of carbonyl (C=O) groups excluding carboxylic acids is 1. The molecule has 1 N–H and O–H groups in total. The van der Waals surface area contributed by atoms with Gasteiger partial charge in [0.1, 0.15) is 21.2 Å². The molecule has 0 bridgehead atoms. The van der Waals surface area contributed by atoms with Crippen LogP contribution in [0, 0.1) is 13.8 Å². The maximum absolute atomic E-state index is 11.9. The average Bonchev–Trinajstić information content (AvgIpc) is 2.36. The zero-order chi connectivity index (χ0) is 18.5. The van der Waals surface area contributed by atoms with E-state index in [-0.39, 0.29) is 5.75 Å². The van der Waals surface area contributed by atoms with Crippen molar-refractivity contribution in [2.75, 3.05) is 23.9 Å². The highest BCUT2D eigenvalue weighted by atomic mass is 32.2. The van der Waals surface area contributed by atoms with Crippen LogP contribution in [0.4, 0.5) is 10.5 Å². The smallest absolute Gasteiger partial charge is 0.412 e. The lowest BCUT2D eigenvalue weighted by Gasteiger charge is -2.21. The van der Waals surface area contributed by atoms with Crippen LogP contribution >= 0.6 is 0 Å². The number of nitrogens with one attached hydrogen (secondary N) is 1. The summed E-state index contributed by atoms with van der Waals surface area (Å²) >= 11 is 0. The Kier molecular flexibility index (Phi) is 6.66. The maximum Gasteiger partial charge on any atom is 0.412 e. The number of aryl methyl sites for hydroxylation is 2. The minimum Gasteiger partial charge on any atom is -0.494 e. The van der Waals surface area contributed by atoms with E-state index in [0.29, 0.717) is 24.5 Å². The van der Waals surface area contributed by atoms with E-state index in [1.54, 1.807) is 32.9 Å². The van der Waals surface area contributed by atoms with E-state index < -0.39 is 21.5 Å². The van der Waals surface area contributed by atoms with Crippen molar-refractivity contribution in [3.63, 3.8) is 0 Å². The predicted molar refractivity (Wildman–Crippen MR) is 95.6 cm³/mol. The Balaban J connectivity index is 2.70. The fourth-order valence-corrected chi connectivity index (χ4v) is 2.76.